The Kier molecular flexibility index (Phi) is 4.04. The van der Waals surface area contributed by atoms with Crippen molar-refractivity contribution >= 4 is 0 Å². The lowest BCUT2D eigenvalue weighted by Gasteiger charge is -2.35. The Morgan fingerprint density at radius 3 is 2.74 bits per heavy atom. The smallest absolute Gasteiger partial charge is 0.401 e. The van der Waals surface area contributed by atoms with Crippen LogP contribution in [0.25, 0.3) is 0 Å². The molecule has 2 nitrogen and oxygen atoms in total. The van der Waals surface area contributed by atoms with Crippen molar-refractivity contribution in [3.8, 4) is 5.75 Å². The first-order valence-electron chi connectivity index (χ1n) is 6.53. The molecule has 0 radical (unpaired) electrons. The average molecular weight is 273 g/mol. The van der Waals surface area contributed by atoms with Crippen LogP contribution in [0.1, 0.15) is 36.9 Å². The Labute approximate surface area is 110 Å². The summed E-state index contributed by atoms with van der Waals surface area (Å²) < 4.78 is 37.8. The molecule has 1 unspecified atom stereocenters. The van der Waals surface area contributed by atoms with Gasteiger partial charge in [-0.25, -0.2) is 0 Å². The van der Waals surface area contributed by atoms with Crippen LogP contribution in [0.3, 0.4) is 0 Å². The number of aryl methyl sites for hydroxylation is 1. The Hall–Kier alpha value is -1.23. The number of phenolic OH excluding ortho intramolecular Hbond substituents is 1. The molecular weight excluding hydrogens is 255 g/mol. The molecule has 106 valence electrons. The SMILES string of the molecule is CCN(CC(F)(F)F)C1CCCc2ccc(O)cc21. The minimum atomic E-state index is -4.19. The maximum Gasteiger partial charge on any atom is 0.401 e. The molecule has 5 heteroatoms. The van der Waals surface area contributed by atoms with Crippen LogP contribution < -0.4 is 0 Å². The average Bonchev–Trinajstić information content (AvgIpc) is 2.34. The molecule has 1 aromatic rings. The van der Waals surface area contributed by atoms with Gasteiger partial charge < -0.3 is 5.11 Å². The van der Waals surface area contributed by atoms with E-state index in [1.165, 1.54) is 4.90 Å². The molecule has 0 amide bonds. The van der Waals surface area contributed by atoms with Gasteiger partial charge in [0.05, 0.1) is 6.54 Å². The van der Waals surface area contributed by atoms with Gasteiger partial charge in [0.1, 0.15) is 5.75 Å². The summed E-state index contributed by atoms with van der Waals surface area (Å²) in [6, 6.07) is 4.78. The largest absolute Gasteiger partial charge is 0.508 e. The van der Waals surface area contributed by atoms with Gasteiger partial charge in [-0.1, -0.05) is 13.0 Å². The molecular formula is C14H18F3NO. The number of benzene rings is 1. The minimum Gasteiger partial charge on any atom is -0.508 e. The van der Waals surface area contributed by atoms with Gasteiger partial charge in [0.15, 0.2) is 0 Å². The predicted molar refractivity (Wildman–Crippen MR) is 67.1 cm³/mol. The number of hydrogen-bond acceptors (Lipinski definition) is 2. The van der Waals surface area contributed by atoms with Crippen molar-refractivity contribution in [3.63, 3.8) is 0 Å². The molecule has 1 aliphatic carbocycles. The molecule has 0 saturated carbocycles. The third-order valence-electron chi connectivity index (χ3n) is 3.64. The lowest BCUT2D eigenvalue weighted by molar-refractivity contribution is -0.151. The van der Waals surface area contributed by atoms with Crippen LogP contribution in [0.15, 0.2) is 18.2 Å². The highest BCUT2D eigenvalue weighted by Gasteiger charge is 2.35. The van der Waals surface area contributed by atoms with Gasteiger partial charge in [-0.2, -0.15) is 13.2 Å². The molecule has 1 aromatic carbocycles. The number of fused-ring (bicyclic) bond motifs is 1. The van der Waals surface area contributed by atoms with Gasteiger partial charge in [-0.15, -0.1) is 0 Å². The van der Waals surface area contributed by atoms with Crippen LogP contribution in [-0.4, -0.2) is 29.3 Å². The second-order valence-corrected chi connectivity index (χ2v) is 4.97. The van der Waals surface area contributed by atoms with E-state index in [1.54, 1.807) is 19.1 Å². The normalized spacial score (nSPS) is 19.5. The molecule has 1 atom stereocenters. The fourth-order valence-corrected chi connectivity index (χ4v) is 2.81. The van der Waals surface area contributed by atoms with Crippen molar-refractivity contribution in [2.45, 2.75) is 38.4 Å². The summed E-state index contributed by atoms with van der Waals surface area (Å²) >= 11 is 0. The predicted octanol–water partition coefficient (Wildman–Crippen LogP) is 3.65. The Morgan fingerprint density at radius 2 is 2.11 bits per heavy atom. The Bertz CT molecular complexity index is 445. The molecule has 0 aromatic heterocycles. The van der Waals surface area contributed by atoms with Crippen LogP contribution in [0.5, 0.6) is 5.75 Å². The molecule has 1 N–H and O–H groups in total. The fraction of sp³-hybridized carbons (Fsp3) is 0.571. The Balaban J connectivity index is 2.28. The van der Waals surface area contributed by atoms with Gasteiger partial charge in [0, 0.05) is 6.04 Å². The Morgan fingerprint density at radius 1 is 1.37 bits per heavy atom. The van der Waals surface area contributed by atoms with Gasteiger partial charge in [-0.05, 0) is 49.1 Å². The summed E-state index contributed by atoms with van der Waals surface area (Å²) in [5.41, 5.74) is 1.90. The van der Waals surface area contributed by atoms with E-state index in [-0.39, 0.29) is 11.8 Å². The van der Waals surface area contributed by atoms with Crippen LogP contribution >= 0.6 is 0 Å². The molecule has 0 fully saturated rings. The van der Waals surface area contributed by atoms with Crippen LogP contribution in [0.4, 0.5) is 13.2 Å². The highest BCUT2D eigenvalue weighted by atomic mass is 19.4. The molecule has 2 rings (SSSR count). The third kappa shape index (κ3) is 3.41. The second-order valence-electron chi connectivity index (χ2n) is 4.97. The maximum absolute atomic E-state index is 12.6. The minimum absolute atomic E-state index is 0.119. The molecule has 1 aliphatic rings. The second kappa shape index (κ2) is 5.41. The number of phenols is 1. The first-order valence-corrected chi connectivity index (χ1v) is 6.53. The van der Waals surface area contributed by atoms with Crippen molar-refractivity contribution in [1.29, 1.82) is 0 Å². The number of rotatable bonds is 3. The highest BCUT2D eigenvalue weighted by molar-refractivity contribution is 5.38. The van der Waals surface area contributed by atoms with E-state index in [0.717, 1.165) is 24.0 Å². The van der Waals surface area contributed by atoms with Gasteiger partial charge in [-0.3, -0.25) is 4.90 Å². The van der Waals surface area contributed by atoms with E-state index in [1.807, 2.05) is 6.07 Å². The fourth-order valence-electron chi connectivity index (χ4n) is 2.81. The third-order valence-corrected chi connectivity index (χ3v) is 3.64. The van der Waals surface area contributed by atoms with Crippen molar-refractivity contribution in [2.75, 3.05) is 13.1 Å². The first kappa shape index (κ1) is 14.2. The number of halogens is 3. The zero-order valence-corrected chi connectivity index (χ0v) is 10.9. The summed E-state index contributed by atoms with van der Waals surface area (Å²) in [7, 11) is 0. The molecule has 0 spiro atoms. The molecule has 0 saturated heterocycles. The summed E-state index contributed by atoms with van der Waals surface area (Å²) in [6.07, 6.45) is -1.72. The lowest BCUT2D eigenvalue weighted by atomic mass is 9.86. The van der Waals surface area contributed by atoms with Crippen molar-refractivity contribution in [1.82, 2.24) is 4.90 Å². The standard InChI is InChI=1S/C14H18F3NO/c1-2-18(9-14(15,16)17)13-5-3-4-10-6-7-11(19)8-12(10)13/h6-8,13,19H,2-5,9H2,1H3. The van der Waals surface area contributed by atoms with Crippen LogP contribution in [0.2, 0.25) is 0 Å². The van der Waals surface area contributed by atoms with E-state index in [4.69, 9.17) is 0 Å². The topological polar surface area (TPSA) is 23.5 Å². The summed E-state index contributed by atoms with van der Waals surface area (Å²) in [4.78, 5) is 1.44. The number of nitrogens with zero attached hydrogens (tertiary/aromatic N) is 1. The first-order chi connectivity index (χ1) is 8.90. The molecule has 19 heavy (non-hydrogen) atoms. The van der Waals surface area contributed by atoms with Crippen molar-refractivity contribution in [3.05, 3.63) is 29.3 Å². The van der Waals surface area contributed by atoms with Crippen molar-refractivity contribution < 1.29 is 18.3 Å². The van der Waals surface area contributed by atoms with E-state index in [2.05, 4.69) is 0 Å². The van der Waals surface area contributed by atoms with Crippen LogP contribution in [0, 0.1) is 0 Å². The lowest BCUT2D eigenvalue weighted by Crippen LogP contribution is -2.38. The van der Waals surface area contributed by atoms with Crippen molar-refractivity contribution in [2.24, 2.45) is 0 Å². The zero-order valence-electron chi connectivity index (χ0n) is 10.9. The quantitative estimate of drug-likeness (QED) is 0.908. The number of aromatic hydroxyl groups is 1. The van der Waals surface area contributed by atoms with E-state index >= 15 is 0 Å². The maximum atomic E-state index is 12.6. The van der Waals surface area contributed by atoms with Crippen LogP contribution in [-0.2, 0) is 6.42 Å². The summed E-state index contributed by atoms with van der Waals surface area (Å²) in [5, 5.41) is 9.55. The summed E-state index contributed by atoms with van der Waals surface area (Å²) in [6.45, 7) is 1.19. The molecule has 0 aliphatic heterocycles. The monoisotopic (exact) mass is 273 g/mol. The summed E-state index contributed by atoms with van der Waals surface area (Å²) in [5.74, 6) is 0.119. The zero-order chi connectivity index (χ0) is 14.0. The van der Waals surface area contributed by atoms with E-state index in [9.17, 15) is 18.3 Å². The molecule has 0 heterocycles. The van der Waals surface area contributed by atoms with Gasteiger partial charge in [0.25, 0.3) is 0 Å². The van der Waals surface area contributed by atoms with E-state index < -0.39 is 12.7 Å². The molecule has 0 bridgehead atoms. The van der Waals surface area contributed by atoms with E-state index in [0.29, 0.717) is 13.0 Å². The van der Waals surface area contributed by atoms with Gasteiger partial charge >= 0.3 is 6.18 Å². The number of alkyl halides is 3. The number of hydrogen-bond donors (Lipinski definition) is 1. The van der Waals surface area contributed by atoms with Gasteiger partial charge in [0.2, 0.25) is 0 Å². The highest BCUT2D eigenvalue weighted by Crippen LogP contribution is 2.37.